The van der Waals surface area contributed by atoms with Gasteiger partial charge >= 0.3 is 0 Å². The highest BCUT2D eigenvalue weighted by molar-refractivity contribution is 9.09. The lowest BCUT2D eigenvalue weighted by Crippen LogP contribution is -2.07. The van der Waals surface area contributed by atoms with Crippen LogP contribution in [0.3, 0.4) is 0 Å². The Morgan fingerprint density at radius 3 is 1.55 bits per heavy atom. The lowest BCUT2D eigenvalue weighted by Gasteiger charge is -2.07. The van der Waals surface area contributed by atoms with E-state index in [0.29, 0.717) is 0 Å². The normalized spacial score (nSPS) is 16.4. The maximum absolute atomic E-state index is 8.65. The van der Waals surface area contributed by atoms with E-state index in [1.54, 1.807) is 0 Å². The molecule has 0 saturated carbocycles. The summed E-state index contributed by atoms with van der Waals surface area (Å²) in [6.45, 7) is 0.373. The summed E-state index contributed by atoms with van der Waals surface area (Å²) in [4.78, 5) is 0.418. The predicted molar refractivity (Wildman–Crippen MR) is 53.5 cm³/mol. The molecule has 0 spiro atoms. The molecule has 0 amide bonds. The minimum Gasteiger partial charge on any atom is -0.395 e. The van der Waals surface area contributed by atoms with Gasteiger partial charge in [-0.05, 0) is 12.8 Å². The van der Waals surface area contributed by atoms with E-state index >= 15 is 0 Å². The zero-order valence-electron chi connectivity index (χ0n) is 6.34. The molecule has 4 heteroatoms. The fourth-order valence-electron chi connectivity index (χ4n) is 0.743. The predicted octanol–water partition coefficient (Wildman–Crippen LogP) is 1.67. The van der Waals surface area contributed by atoms with Crippen LogP contribution in [0.5, 0.6) is 0 Å². The molecule has 0 aromatic heterocycles. The molecule has 2 unspecified atom stereocenters. The first kappa shape index (κ1) is 11.9. The molecule has 0 aromatic carbocycles. The van der Waals surface area contributed by atoms with Crippen molar-refractivity contribution in [2.75, 3.05) is 13.2 Å². The van der Waals surface area contributed by atoms with Gasteiger partial charge < -0.3 is 10.2 Å². The van der Waals surface area contributed by atoms with Gasteiger partial charge in [0.05, 0.1) is 13.2 Å². The van der Waals surface area contributed by atoms with Crippen LogP contribution >= 0.6 is 31.9 Å². The Balaban J connectivity index is 3.13. The topological polar surface area (TPSA) is 40.5 Å². The highest BCUT2D eigenvalue weighted by Crippen LogP contribution is 2.13. The van der Waals surface area contributed by atoms with Gasteiger partial charge in [-0.15, -0.1) is 0 Å². The van der Waals surface area contributed by atoms with Gasteiger partial charge in [0, 0.05) is 9.65 Å². The van der Waals surface area contributed by atoms with Crippen LogP contribution in [0.15, 0.2) is 0 Å². The summed E-state index contributed by atoms with van der Waals surface area (Å²) in [6, 6.07) is 0. The molecule has 0 bridgehead atoms. The van der Waals surface area contributed by atoms with Crippen molar-refractivity contribution in [1.29, 1.82) is 0 Å². The van der Waals surface area contributed by atoms with E-state index in [4.69, 9.17) is 10.2 Å². The monoisotopic (exact) mass is 288 g/mol. The van der Waals surface area contributed by atoms with Crippen molar-refractivity contribution in [1.82, 2.24) is 0 Å². The van der Waals surface area contributed by atoms with Crippen molar-refractivity contribution in [2.24, 2.45) is 0 Å². The summed E-state index contributed by atoms with van der Waals surface area (Å²) in [6.07, 6.45) is 2.93. The maximum Gasteiger partial charge on any atom is 0.0556 e. The van der Waals surface area contributed by atoms with E-state index in [0.717, 1.165) is 19.3 Å². The van der Waals surface area contributed by atoms with Crippen LogP contribution in [-0.4, -0.2) is 33.1 Å². The van der Waals surface area contributed by atoms with Crippen molar-refractivity contribution in [3.8, 4) is 0 Å². The molecular formula is C7H14Br2O2. The number of rotatable bonds is 6. The molecule has 2 nitrogen and oxygen atoms in total. The van der Waals surface area contributed by atoms with Gasteiger partial charge in [0.25, 0.3) is 0 Å². The van der Waals surface area contributed by atoms with Gasteiger partial charge in [0.1, 0.15) is 0 Å². The van der Waals surface area contributed by atoms with E-state index in [1.165, 1.54) is 0 Å². The minimum absolute atomic E-state index is 0.187. The van der Waals surface area contributed by atoms with Crippen LogP contribution in [0.2, 0.25) is 0 Å². The second-order valence-electron chi connectivity index (χ2n) is 2.49. The number of hydrogen-bond donors (Lipinski definition) is 2. The van der Waals surface area contributed by atoms with Crippen LogP contribution in [0.1, 0.15) is 19.3 Å². The molecule has 2 atom stereocenters. The highest BCUT2D eigenvalue weighted by Gasteiger charge is 2.04. The third-order valence-corrected chi connectivity index (χ3v) is 2.93. The summed E-state index contributed by atoms with van der Waals surface area (Å²) in [5.41, 5.74) is 0. The smallest absolute Gasteiger partial charge is 0.0556 e. The Morgan fingerprint density at radius 2 is 1.27 bits per heavy atom. The van der Waals surface area contributed by atoms with E-state index in [-0.39, 0.29) is 22.9 Å². The van der Waals surface area contributed by atoms with Crippen LogP contribution in [0, 0.1) is 0 Å². The standard InChI is InChI=1S/C7H14Br2O2/c8-6(4-10)2-1-3-7(9)5-11/h6-7,10-11H,1-5H2. The molecule has 68 valence electrons. The van der Waals surface area contributed by atoms with E-state index < -0.39 is 0 Å². The number of alkyl halides is 2. The quantitative estimate of drug-likeness (QED) is 0.731. The third-order valence-electron chi connectivity index (χ3n) is 1.43. The number of aliphatic hydroxyl groups is 2. The Hall–Kier alpha value is 0.880. The van der Waals surface area contributed by atoms with Crippen molar-refractivity contribution in [3.05, 3.63) is 0 Å². The summed E-state index contributed by atoms with van der Waals surface area (Å²) in [7, 11) is 0. The van der Waals surface area contributed by atoms with E-state index in [2.05, 4.69) is 31.9 Å². The molecule has 2 N–H and O–H groups in total. The SMILES string of the molecule is OCC(Br)CCCC(Br)CO. The zero-order valence-corrected chi connectivity index (χ0v) is 9.51. The average Bonchev–Trinajstić information content (AvgIpc) is 2.04. The van der Waals surface area contributed by atoms with Gasteiger partial charge in [-0.1, -0.05) is 38.3 Å². The summed E-state index contributed by atoms with van der Waals surface area (Å²) >= 11 is 6.64. The van der Waals surface area contributed by atoms with E-state index in [9.17, 15) is 0 Å². The molecule has 0 heterocycles. The second kappa shape index (κ2) is 7.53. The van der Waals surface area contributed by atoms with Crippen molar-refractivity contribution >= 4 is 31.9 Å². The van der Waals surface area contributed by atoms with Crippen molar-refractivity contribution in [3.63, 3.8) is 0 Å². The van der Waals surface area contributed by atoms with Crippen molar-refractivity contribution in [2.45, 2.75) is 28.9 Å². The molecule has 0 aliphatic carbocycles. The lowest BCUT2D eigenvalue weighted by atomic mass is 10.1. The molecule has 0 saturated heterocycles. The van der Waals surface area contributed by atoms with Gasteiger partial charge in [-0.3, -0.25) is 0 Å². The van der Waals surface area contributed by atoms with Crippen LogP contribution in [0.25, 0.3) is 0 Å². The third kappa shape index (κ3) is 7.25. The molecule has 0 aliphatic heterocycles. The average molecular weight is 290 g/mol. The Morgan fingerprint density at radius 1 is 0.909 bits per heavy atom. The summed E-state index contributed by atoms with van der Waals surface area (Å²) in [5.74, 6) is 0. The number of aliphatic hydroxyl groups excluding tert-OH is 2. The number of halogens is 2. The van der Waals surface area contributed by atoms with Crippen molar-refractivity contribution < 1.29 is 10.2 Å². The van der Waals surface area contributed by atoms with Crippen LogP contribution in [-0.2, 0) is 0 Å². The van der Waals surface area contributed by atoms with Gasteiger partial charge in [-0.25, -0.2) is 0 Å². The lowest BCUT2D eigenvalue weighted by molar-refractivity contribution is 0.281. The van der Waals surface area contributed by atoms with Gasteiger partial charge in [0.2, 0.25) is 0 Å². The first-order chi connectivity index (χ1) is 5.20. The zero-order chi connectivity index (χ0) is 8.69. The molecule has 0 radical (unpaired) electrons. The minimum atomic E-state index is 0.187. The molecule has 0 fully saturated rings. The summed E-state index contributed by atoms with van der Waals surface area (Å²) in [5, 5.41) is 17.3. The van der Waals surface area contributed by atoms with Crippen LogP contribution < -0.4 is 0 Å². The van der Waals surface area contributed by atoms with E-state index in [1.807, 2.05) is 0 Å². The largest absolute Gasteiger partial charge is 0.395 e. The highest BCUT2D eigenvalue weighted by atomic mass is 79.9. The molecule has 11 heavy (non-hydrogen) atoms. The molecule has 0 aromatic rings. The number of hydrogen-bond acceptors (Lipinski definition) is 2. The first-order valence-electron chi connectivity index (χ1n) is 3.70. The second-order valence-corrected chi connectivity index (χ2v) is 5.08. The van der Waals surface area contributed by atoms with Crippen LogP contribution in [0.4, 0.5) is 0 Å². The van der Waals surface area contributed by atoms with Gasteiger partial charge in [0.15, 0.2) is 0 Å². The Bertz CT molecular complexity index is 80.5. The summed E-state index contributed by atoms with van der Waals surface area (Å²) < 4.78 is 0. The fourth-order valence-corrected chi connectivity index (χ4v) is 1.39. The Labute approximate surface area is 84.3 Å². The molecule has 0 aliphatic rings. The fraction of sp³-hybridized carbons (Fsp3) is 1.00. The maximum atomic E-state index is 8.65. The first-order valence-corrected chi connectivity index (χ1v) is 5.53. The Kier molecular flexibility index (Phi) is 8.13. The van der Waals surface area contributed by atoms with Gasteiger partial charge in [-0.2, -0.15) is 0 Å². The molecule has 0 rings (SSSR count). The molecular weight excluding hydrogens is 276 g/mol.